The molecular weight excluding hydrogens is 396 g/mol. The van der Waals surface area contributed by atoms with Crippen LogP contribution in [0.3, 0.4) is 0 Å². The van der Waals surface area contributed by atoms with E-state index in [4.69, 9.17) is 4.74 Å². The predicted octanol–water partition coefficient (Wildman–Crippen LogP) is 3.92. The number of nitrogens with one attached hydrogen (secondary N) is 1. The molecule has 1 fully saturated rings. The van der Waals surface area contributed by atoms with E-state index in [0.717, 1.165) is 54.6 Å². The Morgan fingerprint density at radius 3 is 2.80 bits per heavy atom. The molecule has 7 heteroatoms. The van der Waals surface area contributed by atoms with E-state index in [0.29, 0.717) is 4.88 Å². The van der Waals surface area contributed by atoms with E-state index < -0.39 is 0 Å². The fourth-order valence-corrected chi connectivity index (χ4v) is 4.67. The zero-order valence-electron chi connectivity index (χ0n) is 17.3. The van der Waals surface area contributed by atoms with Crippen LogP contribution in [0.25, 0.3) is 10.7 Å². The van der Waals surface area contributed by atoms with Crippen molar-refractivity contribution >= 4 is 17.2 Å². The van der Waals surface area contributed by atoms with Gasteiger partial charge in [-0.1, -0.05) is 18.2 Å². The SMILES string of the molecule is COc1cccc(CN2CCC(NC(=O)c3sc(-c4ccccn4)nc3C)CC2)c1. The van der Waals surface area contributed by atoms with Gasteiger partial charge in [0.05, 0.1) is 18.5 Å². The monoisotopic (exact) mass is 422 g/mol. The van der Waals surface area contributed by atoms with Gasteiger partial charge in [0, 0.05) is 31.9 Å². The third-order valence-electron chi connectivity index (χ3n) is 5.35. The van der Waals surface area contributed by atoms with Crippen molar-refractivity contribution in [1.82, 2.24) is 20.2 Å². The highest BCUT2D eigenvalue weighted by molar-refractivity contribution is 7.17. The lowest BCUT2D eigenvalue weighted by molar-refractivity contribution is 0.0912. The Hall–Kier alpha value is -2.77. The zero-order chi connectivity index (χ0) is 20.9. The number of piperidine rings is 1. The van der Waals surface area contributed by atoms with Crippen LogP contribution in [-0.2, 0) is 6.54 Å². The lowest BCUT2D eigenvalue weighted by Crippen LogP contribution is -2.44. The van der Waals surface area contributed by atoms with Crippen LogP contribution in [0, 0.1) is 6.92 Å². The number of aromatic nitrogens is 2. The molecule has 1 N–H and O–H groups in total. The number of methoxy groups -OCH3 is 1. The third-order valence-corrected chi connectivity index (χ3v) is 6.53. The second kappa shape index (κ2) is 9.36. The molecule has 6 nitrogen and oxygen atoms in total. The molecule has 4 rings (SSSR count). The van der Waals surface area contributed by atoms with Crippen LogP contribution >= 0.6 is 11.3 Å². The zero-order valence-corrected chi connectivity index (χ0v) is 18.1. The van der Waals surface area contributed by atoms with Crippen LogP contribution in [0.4, 0.5) is 0 Å². The Bertz CT molecular complexity index is 997. The molecule has 3 aromatic rings. The van der Waals surface area contributed by atoms with Crippen LogP contribution in [0.1, 0.15) is 33.8 Å². The molecule has 3 heterocycles. The van der Waals surface area contributed by atoms with E-state index in [-0.39, 0.29) is 11.9 Å². The second-order valence-electron chi connectivity index (χ2n) is 7.52. The summed E-state index contributed by atoms with van der Waals surface area (Å²) in [6.07, 6.45) is 3.63. The maximum Gasteiger partial charge on any atom is 0.263 e. The number of amides is 1. The number of hydrogen-bond donors (Lipinski definition) is 1. The highest BCUT2D eigenvalue weighted by atomic mass is 32.1. The predicted molar refractivity (Wildman–Crippen MR) is 119 cm³/mol. The van der Waals surface area contributed by atoms with Gasteiger partial charge in [-0.2, -0.15) is 0 Å². The number of aryl methyl sites for hydroxylation is 1. The van der Waals surface area contributed by atoms with Gasteiger partial charge in [-0.25, -0.2) is 4.98 Å². The summed E-state index contributed by atoms with van der Waals surface area (Å²) in [7, 11) is 1.69. The second-order valence-corrected chi connectivity index (χ2v) is 8.52. The van der Waals surface area contributed by atoms with Gasteiger partial charge in [0.25, 0.3) is 5.91 Å². The lowest BCUT2D eigenvalue weighted by Gasteiger charge is -2.32. The van der Waals surface area contributed by atoms with E-state index in [9.17, 15) is 4.79 Å². The molecule has 1 saturated heterocycles. The number of benzene rings is 1. The van der Waals surface area contributed by atoms with Crippen molar-refractivity contribution in [1.29, 1.82) is 0 Å². The Labute approximate surface area is 180 Å². The molecule has 0 spiro atoms. The number of likely N-dealkylation sites (tertiary alicyclic amines) is 1. The number of carbonyl (C=O) groups is 1. The minimum absolute atomic E-state index is 0.0292. The maximum atomic E-state index is 12.8. The molecule has 0 aliphatic carbocycles. The number of hydrogen-bond acceptors (Lipinski definition) is 6. The minimum Gasteiger partial charge on any atom is -0.497 e. The van der Waals surface area contributed by atoms with Gasteiger partial charge >= 0.3 is 0 Å². The van der Waals surface area contributed by atoms with Gasteiger partial charge in [0.1, 0.15) is 15.6 Å². The summed E-state index contributed by atoms with van der Waals surface area (Å²) >= 11 is 1.41. The van der Waals surface area contributed by atoms with Crippen LogP contribution < -0.4 is 10.1 Å². The molecule has 0 saturated carbocycles. The molecule has 30 heavy (non-hydrogen) atoms. The van der Waals surface area contributed by atoms with Crippen molar-refractivity contribution in [2.24, 2.45) is 0 Å². The first-order chi connectivity index (χ1) is 14.6. The molecule has 2 aromatic heterocycles. The highest BCUT2D eigenvalue weighted by Crippen LogP contribution is 2.26. The van der Waals surface area contributed by atoms with E-state index >= 15 is 0 Å². The Kier molecular flexibility index (Phi) is 6.40. The van der Waals surface area contributed by atoms with Crippen molar-refractivity contribution in [2.75, 3.05) is 20.2 Å². The summed E-state index contributed by atoms with van der Waals surface area (Å²) in [6, 6.07) is 14.1. The van der Waals surface area contributed by atoms with Crippen LogP contribution in [0.2, 0.25) is 0 Å². The van der Waals surface area contributed by atoms with Crippen LogP contribution in [0.5, 0.6) is 5.75 Å². The van der Waals surface area contributed by atoms with Gasteiger partial charge in [-0.3, -0.25) is 14.7 Å². The first kappa shape index (κ1) is 20.5. The Morgan fingerprint density at radius 1 is 1.23 bits per heavy atom. The summed E-state index contributed by atoms with van der Waals surface area (Å²) in [6.45, 7) is 4.71. The molecule has 1 amide bonds. The van der Waals surface area contributed by atoms with Crippen LogP contribution in [-0.4, -0.2) is 47.0 Å². The quantitative estimate of drug-likeness (QED) is 0.652. The summed E-state index contributed by atoms with van der Waals surface area (Å²) in [4.78, 5) is 24.8. The normalized spacial score (nSPS) is 15.1. The largest absolute Gasteiger partial charge is 0.497 e. The van der Waals surface area contributed by atoms with Crippen LogP contribution in [0.15, 0.2) is 48.7 Å². The van der Waals surface area contributed by atoms with E-state index in [1.54, 1.807) is 13.3 Å². The number of rotatable bonds is 6. The first-order valence-corrected chi connectivity index (χ1v) is 11.0. The van der Waals surface area contributed by atoms with Gasteiger partial charge < -0.3 is 10.1 Å². The van der Waals surface area contributed by atoms with Gasteiger partial charge in [-0.15, -0.1) is 11.3 Å². The average Bonchev–Trinajstić information content (AvgIpc) is 3.18. The topological polar surface area (TPSA) is 67.3 Å². The molecule has 0 bridgehead atoms. The first-order valence-electron chi connectivity index (χ1n) is 10.2. The molecule has 0 atom stereocenters. The molecule has 1 aromatic carbocycles. The van der Waals surface area contributed by atoms with Gasteiger partial charge in [-0.05, 0) is 49.6 Å². The van der Waals surface area contributed by atoms with E-state index in [1.165, 1.54) is 16.9 Å². The molecule has 0 radical (unpaired) electrons. The number of nitrogens with zero attached hydrogens (tertiary/aromatic N) is 3. The fourth-order valence-electron chi connectivity index (χ4n) is 3.72. The molecule has 1 aliphatic heterocycles. The summed E-state index contributed by atoms with van der Waals surface area (Å²) in [5.74, 6) is 0.859. The number of ether oxygens (including phenoxy) is 1. The molecule has 1 aliphatic rings. The Balaban J connectivity index is 1.32. The fraction of sp³-hybridized carbons (Fsp3) is 0.348. The van der Waals surface area contributed by atoms with Crippen molar-refractivity contribution in [3.05, 3.63) is 64.8 Å². The maximum absolute atomic E-state index is 12.8. The number of carbonyl (C=O) groups excluding carboxylic acids is 1. The summed E-state index contributed by atoms with van der Waals surface area (Å²) in [5.41, 5.74) is 2.81. The molecular formula is C23H26N4O2S. The van der Waals surface area contributed by atoms with E-state index in [1.807, 2.05) is 37.3 Å². The number of pyridine rings is 1. The van der Waals surface area contributed by atoms with E-state index in [2.05, 4.69) is 32.3 Å². The van der Waals surface area contributed by atoms with Crippen molar-refractivity contribution in [3.63, 3.8) is 0 Å². The van der Waals surface area contributed by atoms with Gasteiger partial charge in [0.2, 0.25) is 0 Å². The number of thiazole rings is 1. The smallest absolute Gasteiger partial charge is 0.263 e. The minimum atomic E-state index is -0.0292. The average molecular weight is 423 g/mol. The van der Waals surface area contributed by atoms with Crippen molar-refractivity contribution < 1.29 is 9.53 Å². The standard InChI is InChI=1S/C23H26N4O2S/c1-16-21(30-23(25-16)20-8-3-4-11-24-20)22(28)26-18-9-12-27(13-10-18)15-17-6-5-7-19(14-17)29-2/h3-8,11,14,18H,9-10,12-13,15H2,1-2H3,(H,26,28). The Morgan fingerprint density at radius 2 is 2.07 bits per heavy atom. The van der Waals surface area contributed by atoms with Gasteiger partial charge in [0.15, 0.2) is 0 Å². The summed E-state index contributed by atoms with van der Waals surface area (Å²) < 4.78 is 5.31. The van der Waals surface area contributed by atoms with Crippen molar-refractivity contribution in [3.8, 4) is 16.5 Å². The molecule has 156 valence electrons. The molecule has 0 unspecified atom stereocenters. The lowest BCUT2D eigenvalue weighted by atomic mass is 10.0. The highest BCUT2D eigenvalue weighted by Gasteiger charge is 2.23. The third kappa shape index (κ3) is 4.86. The van der Waals surface area contributed by atoms with Crippen molar-refractivity contribution in [2.45, 2.75) is 32.4 Å². The summed E-state index contributed by atoms with van der Waals surface area (Å²) in [5, 5.41) is 3.99.